The molecule has 0 spiro atoms. The quantitative estimate of drug-likeness (QED) is 0.257. The predicted molar refractivity (Wildman–Crippen MR) is 160 cm³/mol. The summed E-state index contributed by atoms with van der Waals surface area (Å²) in [6.07, 6.45) is -0.0102. The molecule has 1 unspecified atom stereocenters. The Hall–Kier alpha value is -4.32. The molecule has 44 heavy (non-hydrogen) atoms. The van der Waals surface area contributed by atoms with E-state index < -0.39 is 24.1 Å². The van der Waals surface area contributed by atoms with Gasteiger partial charge in [0.25, 0.3) is 0 Å². The fourth-order valence-corrected chi connectivity index (χ4v) is 6.24. The molecule has 1 aliphatic carbocycles. The molecule has 1 aliphatic heterocycles. The molecular formula is C32H35F3N6O3. The molecule has 2 aromatic heterocycles. The minimum Gasteiger partial charge on any atom is -0.405 e. The maximum absolute atomic E-state index is 13.4. The molecule has 2 fully saturated rings. The van der Waals surface area contributed by atoms with Crippen molar-refractivity contribution < 1.29 is 27.8 Å². The van der Waals surface area contributed by atoms with Crippen molar-refractivity contribution in [3.8, 4) is 28.4 Å². The van der Waals surface area contributed by atoms with Crippen molar-refractivity contribution in [2.24, 2.45) is 18.7 Å². The van der Waals surface area contributed by atoms with E-state index in [1.165, 1.54) is 12.1 Å². The van der Waals surface area contributed by atoms with Crippen molar-refractivity contribution in [3.05, 3.63) is 66.1 Å². The van der Waals surface area contributed by atoms with Crippen LogP contribution >= 0.6 is 0 Å². The van der Waals surface area contributed by atoms with Crippen LogP contribution in [0.4, 0.5) is 13.2 Å². The second-order valence-corrected chi connectivity index (χ2v) is 11.8. The number of piperidine rings is 1. The number of likely N-dealkylation sites (tertiary alicyclic amines) is 1. The molecule has 3 heterocycles. The lowest BCUT2D eigenvalue weighted by Gasteiger charge is -2.35. The van der Waals surface area contributed by atoms with Crippen LogP contribution in [-0.4, -0.2) is 60.8 Å². The molecule has 3 N–H and O–H groups in total. The number of hydrogen-bond donors (Lipinski definition) is 2. The number of carbonyl (C=O) groups excluding carboxylic acids is 1. The van der Waals surface area contributed by atoms with Crippen LogP contribution in [-0.2, 0) is 13.6 Å². The van der Waals surface area contributed by atoms with Gasteiger partial charge in [-0.3, -0.25) is 9.48 Å². The van der Waals surface area contributed by atoms with Crippen LogP contribution in [0.5, 0.6) is 5.75 Å². The molecule has 0 bridgehead atoms. The van der Waals surface area contributed by atoms with Crippen molar-refractivity contribution in [1.82, 2.24) is 24.2 Å². The zero-order chi connectivity index (χ0) is 31.3. The zero-order valence-electron chi connectivity index (χ0n) is 24.6. The van der Waals surface area contributed by atoms with E-state index in [0.717, 1.165) is 72.7 Å². The Morgan fingerprint density at radius 3 is 2.52 bits per heavy atom. The van der Waals surface area contributed by atoms with Gasteiger partial charge in [-0.2, -0.15) is 5.10 Å². The van der Waals surface area contributed by atoms with E-state index in [0.29, 0.717) is 12.2 Å². The minimum atomic E-state index is -4.98. The lowest BCUT2D eigenvalue weighted by Crippen LogP contribution is -2.38. The Balaban J connectivity index is 1.36. The SMILES string of the molecule is C=C(C)N1CCC(C(O)Cn2cc3c(-c4nc(-c5ccc(C(N)=O)cc5OC(F)(F)F)n(C)c4C4CC4)cccc3n2)CC1. The Kier molecular flexibility index (Phi) is 7.64. The summed E-state index contributed by atoms with van der Waals surface area (Å²) in [4.78, 5) is 18.9. The Labute approximate surface area is 252 Å². The second-order valence-electron chi connectivity index (χ2n) is 11.8. The molecular weight excluding hydrogens is 573 g/mol. The number of aromatic nitrogens is 4. The lowest BCUT2D eigenvalue weighted by molar-refractivity contribution is -0.274. The third-order valence-corrected chi connectivity index (χ3v) is 8.69. The Morgan fingerprint density at radius 1 is 1.16 bits per heavy atom. The third-order valence-electron chi connectivity index (χ3n) is 8.69. The van der Waals surface area contributed by atoms with Gasteiger partial charge in [-0.05, 0) is 62.8 Å². The maximum Gasteiger partial charge on any atom is 0.573 e. The summed E-state index contributed by atoms with van der Waals surface area (Å²) in [6, 6.07) is 9.44. The average Bonchev–Trinajstić information content (AvgIpc) is 3.63. The summed E-state index contributed by atoms with van der Waals surface area (Å²) in [7, 11) is 1.78. The summed E-state index contributed by atoms with van der Waals surface area (Å²) in [5.74, 6) is -0.784. The molecule has 0 radical (unpaired) electrons. The minimum absolute atomic E-state index is 0.0895. The third kappa shape index (κ3) is 5.90. The number of allylic oxidation sites excluding steroid dienone is 1. The van der Waals surface area contributed by atoms with Gasteiger partial charge in [0.2, 0.25) is 5.91 Å². The normalized spacial score (nSPS) is 16.8. The Morgan fingerprint density at radius 2 is 1.89 bits per heavy atom. The number of hydrogen-bond acceptors (Lipinski definition) is 6. The monoisotopic (exact) mass is 608 g/mol. The molecule has 1 saturated heterocycles. The largest absolute Gasteiger partial charge is 0.573 e. The van der Waals surface area contributed by atoms with Crippen LogP contribution in [0.3, 0.4) is 0 Å². The highest BCUT2D eigenvalue weighted by Gasteiger charge is 2.36. The molecule has 2 aliphatic rings. The highest BCUT2D eigenvalue weighted by molar-refractivity contribution is 5.96. The number of carbonyl (C=O) groups is 1. The van der Waals surface area contributed by atoms with Crippen molar-refractivity contribution >= 4 is 16.8 Å². The van der Waals surface area contributed by atoms with E-state index in [2.05, 4.69) is 16.2 Å². The average molecular weight is 609 g/mol. The van der Waals surface area contributed by atoms with E-state index >= 15 is 0 Å². The number of amides is 1. The number of nitrogens with two attached hydrogens (primary N) is 1. The summed E-state index contributed by atoms with van der Waals surface area (Å²) < 4.78 is 48.1. The molecule has 4 aromatic rings. The highest BCUT2D eigenvalue weighted by Crippen LogP contribution is 2.47. The van der Waals surface area contributed by atoms with Gasteiger partial charge in [0.1, 0.15) is 11.6 Å². The van der Waals surface area contributed by atoms with Gasteiger partial charge in [-0.15, -0.1) is 13.2 Å². The lowest BCUT2D eigenvalue weighted by atomic mass is 9.91. The van der Waals surface area contributed by atoms with Crippen molar-refractivity contribution in [2.45, 2.75) is 57.5 Å². The van der Waals surface area contributed by atoms with Crippen LogP contribution in [0.15, 0.2) is 54.9 Å². The number of aliphatic hydroxyl groups excluding tert-OH is 1. The van der Waals surface area contributed by atoms with Gasteiger partial charge in [0.05, 0.1) is 29.4 Å². The Bertz CT molecular complexity index is 1730. The molecule has 1 amide bonds. The number of aliphatic hydroxyl groups is 1. The van der Waals surface area contributed by atoms with Crippen LogP contribution in [0.1, 0.15) is 54.6 Å². The number of rotatable bonds is 9. The van der Waals surface area contributed by atoms with Crippen LogP contribution in [0.2, 0.25) is 0 Å². The fourth-order valence-electron chi connectivity index (χ4n) is 6.24. The number of halogens is 3. The molecule has 1 saturated carbocycles. The van der Waals surface area contributed by atoms with Crippen molar-refractivity contribution in [2.75, 3.05) is 13.1 Å². The fraction of sp³-hybridized carbons (Fsp3) is 0.406. The zero-order valence-corrected chi connectivity index (χ0v) is 24.6. The number of alkyl halides is 3. The van der Waals surface area contributed by atoms with Gasteiger partial charge in [0, 0.05) is 60.2 Å². The van der Waals surface area contributed by atoms with Gasteiger partial charge in [-0.25, -0.2) is 4.98 Å². The first-order valence-electron chi connectivity index (χ1n) is 14.7. The molecule has 232 valence electrons. The van der Waals surface area contributed by atoms with Crippen LogP contribution in [0, 0.1) is 5.92 Å². The van der Waals surface area contributed by atoms with E-state index in [-0.39, 0.29) is 28.8 Å². The first-order valence-corrected chi connectivity index (χ1v) is 14.7. The predicted octanol–water partition coefficient (Wildman–Crippen LogP) is 5.59. The van der Waals surface area contributed by atoms with Crippen molar-refractivity contribution in [3.63, 3.8) is 0 Å². The second kappa shape index (κ2) is 11.3. The van der Waals surface area contributed by atoms with Crippen LogP contribution < -0.4 is 10.5 Å². The molecule has 6 rings (SSSR count). The smallest absolute Gasteiger partial charge is 0.405 e. The summed E-state index contributed by atoms with van der Waals surface area (Å²) >= 11 is 0. The standard InChI is InChI=1S/C32H35F3N6O3/c1-18(2)40-13-11-19(12-14-40)26(42)17-41-16-24-22(5-4-6-25(24)38-41)28-29(20-7-8-20)39(3)31(37-28)23-10-9-21(30(36)43)15-27(23)44-32(33,34)35/h4-6,9-10,15-16,19-20,26,42H,1,7-8,11-14,17H2,2-3H3,(H2,36,43). The van der Waals surface area contributed by atoms with Gasteiger partial charge >= 0.3 is 6.36 Å². The number of fused-ring (bicyclic) bond motifs is 1. The number of imidazole rings is 1. The molecule has 12 heteroatoms. The van der Waals surface area contributed by atoms with Gasteiger partial charge < -0.3 is 25.0 Å². The summed E-state index contributed by atoms with van der Waals surface area (Å²) in [6.45, 7) is 8.11. The van der Waals surface area contributed by atoms with Gasteiger partial charge in [-0.1, -0.05) is 18.7 Å². The topological polar surface area (TPSA) is 111 Å². The molecule has 1 atom stereocenters. The molecule has 2 aromatic carbocycles. The summed E-state index contributed by atoms with van der Waals surface area (Å²) in [5, 5.41) is 16.7. The first kappa shape index (κ1) is 29.7. The van der Waals surface area contributed by atoms with E-state index in [9.17, 15) is 23.1 Å². The van der Waals surface area contributed by atoms with Gasteiger partial charge in [0.15, 0.2) is 0 Å². The van der Waals surface area contributed by atoms with E-state index in [4.69, 9.17) is 15.8 Å². The van der Waals surface area contributed by atoms with Crippen molar-refractivity contribution in [1.29, 1.82) is 0 Å². The maximum atomic E-state index is 13.4. The number of nitrogens with zero attached hydrogens (tertiary/aromatic N) is 5. The first-order chi connectivity index (χ1) is 20.9. The highest BCUT2D eigenvalue weighted by atomic mass is 19.4. The number of ether oxygens (including phenoxy) is 1. The van der Waals surface area contributed by atoms with E-state index in [1.54, 1.807) is 16.3 Å². The number of benzene rings is 2. The summed E-state index contributed by atoms with van der Waals surface area (Å²) in [5.41, 5.74) is 9.45. The molecule has 9 nitrogen and oxygen atoms in total. The van der Waals surface area contributed by atoms with E-state index in [1.807, 2.05) is 31.3 Å². The van der Waals surface area contributed by atoms with Crippen LogP contribution in [0.25, 0.3) is 33.5 Å². The number of primary amides is 1.